The molecule has 112 valence electrons. The highest BCUT2D eigenvalue weighted by atomic mass is 31.2. The SMILES string of the molecule is N#CCc1ccc(P(=O)(c2ccccc2)c2ccccc2)cc1. The predicted molar refractivity (Wildman–Crippen MR) is 95.2 cm³/mol. The molecule has 0 fully saturated rings. The molecule has 0 heterocycles. The van der Waals surface area contributed by atoms with Gasteiger partial charge in [0.1, 0.15) is 0 Å². The second-order valence-corrected chi connectivity index (χ2v) is 8.05. The van der Waals surface area contributed by atoms with Crippen molar-refractivity contribution in [2.24, 2.45) is 0 Å². The second-order valence-electron chi connectivity index (χ2n) is 5.28. The van der Waals surface area contributed by atoms with Crippen LogP contribution in [0.5, 0.6) is 0 Å². The summed E-state index contributed by atoms with van der Waals surface area (Å²) in [6, 6.07) is 28.8. The zero-order chi connectivity index (χ0) is 16.1. The molecule has 23 heavy (non-hydrogen) atoms. The number of rotatable bonds is 4. The molecule has 0 atom stereocenters. The maximum Gasteiger partial charge on any atom is 0.171 e. The summed E-state index contributed by atoms with van der Waals surface area (Å²) in [6.45, 7) is 0. The molecular formula is C20H16NOP. The van der Waals surface area contributed by atoms with Crippen molar-refractivity contribution in [2.75, 3.05) is 0 Å². The van der Waals surface area contributed by atoms with Crippen LogP contribution < -0.4 is 15.9 Å². The van der Waals surface area contributed by atoms with Crippen LogP contribution in [0.1, 0.15) is 5.56 Å². The van der Waals surface area contributed by atoms with Gasteiger partial charge in [0.25, 0.3) is 0 Å². The molecule has 0 N–H and O–H groups in total. The Kier molecular flexibility index (Phi) is 4.42. The van der Waals surface area contributed by atoms with Gasteiger partial charge >= 0.3 is 0 Å². The molecule has 3 aromatic rings. The molecule has 0 spiro atoms. The average molecular weight is 317 g/mol. The van der Waals surface area contributed by atoms with Gasteiger partial charge in [0.2, 0.25) is 0 Å². The minimum Gasteiger partial charge on any atom is -0.309 e. The van der Waals surface area contributed by atoms with Crippen molar-refractivity contribution in [3.05, 3.63) is 90.5 Å². The number of hydrogen-bond donors (Lipinski definition) is 0. The molecule has 0 saturated heterocycles. The summed E-state index contributed by atoms with van der Waals surface area (Å²) < 4.78 is 14.0. The highest BCUT2D eigenvalue weighted by Gasteiger charge is 2.29. The van der Waals surface area contributed by atoms with Crippen molar-refractivity contribution >= 4 is 23.1 Å². The van der Waals surface area contributed by atoms with E-state index in [-0.39, 0.29) is 0 Å². The quantitative estimate of drug-likeness (QED) is 0.692. The topological polar surface area (TPSA) is 40.9 Å². The first-order chi connectivity index (χ1) is 11.2. The summed E-state index contributed by atoms with van der Waals surface area (Å²) in [4.78, 5) is 0. The molecule has 3 aromatic carbocycles. The zero-order valence-electron chi connectivity index (χ0n) is 12.6. The molecule has 0 aliphatic rings. The third-order valence-corrected chi connectivity index (χ3v) is 6.90. The maximum atomic E-state index is 14.0. The standard InChI is InChI=1S/C20H16NOP/c21-16-15-17-11-13-20(14-12-17)23(22,18-7-3-1-4-8-18)19-9-5-2-6-10-19/h1-14H,15H2. The molecule has 0 amide bonds. The van der Waals surface area contributed by atoms with Gasteiger partial charge in [-0.15, -0.1) is 0 Å². The Morgan fingerprint density at radius 1 is 0.696 bits per heavy atom. The fourth-order valence-corrected chi connectivity index (χ4v) is 5.29. The third kappa shape index (κ3) is 2.97. The largest absolute Gasteiger partial charge is 0.309 e. The molecule has 3 rings (SSSR count). The van der Waals surface area contributed by atoms with Gasteiger partial charge in [0, 0.05) is 15.9 Å². The minimum absolute atomic E-state index is 0.362. The Hall–Kier alpha value is -2.62. The Balaban J connectivity index is 2.17. The van der Waals surface area contributed by atoms with E-state index in [1.165, 1.54) is 0 Å². The van der Waals surface area contributed by atoms with Crippen molar-refractivity contribution in [3.63, 3.8) is 0 Å². The van der Waals surface area contributed by atoms with Crippen LogP contribution in [0.4, 0.5) is 0 Å². The first-order valence-electron chi connectivity index (χ1n) is 7.43. The molecule has 0 saturated carbocycles. The molecule has 0 aliphatic carbocycles. The van der Waals surface area contributed by atoms with Gasteiger partial charge in [-0.1, -0.05) is 84.9 Å². The van der Waals surface area contributed by atoms with Crippen LogP contribution in [0, 0.1) is 11.3 Å². The Labute approximate surface area is 136 Å². The van der Waals surface area contributed by atoms with E-state index >= 15 is 0 Å². The summed E-state index contributed by atoms with van der Waals surface area (Å²) in [5.41, 5.74) is 0.934. The van der Waals surface area contributed by atoms with Crippen molar-refractivity contribution in [2.45, 2.75) is 6.42 Å². The Morgan fingerprint density at radius 2 is 1.13 bits per heavy atom. The Morgan fingerprint density at radius 3 is 1.57 bits per heavy atom. The van der Waals surface area contributed by atoms with Gasteiger partial charge in [-0.3, -0.25) is 0 Å². The highest BCUT2D eigenvalue weighted by Crippen LogP contribution is 2.42. The van der Waals surface area contributed by atoms with Crippen molar-refractivity contribution in [1.82, 2.24) is 0 Å². The van der Waals surface area contributed by atoms with E-state index in [0.29, 0.717) is 6.42 Å². The van der Waals surface area contributed by atoms with Gasteiger partial charge in [-0.25, -0.2) is 0 Å². The molecule has 0 unspecified atom stereocenters. The van der Waals surface area contributed by atoms with E-state index in [4.69, 9.17) is 5.26 Å². The van der Waals surface area contributed by atoms with E-state index in [0.717, 1.165) is 21.5 Å². The lowest BCUT2D eigenvalue weighted by Crippen LogP contribution is -2.24. The molecule has 3 heteroatoms. The number of benzene rings is 3. The smallest absolute Gasteiger partial charge is 0.171 e. The predicted octanol–water partition coefficient (Wildman–Crippen LogP) is 3.39. The first-order valence-corrected chi connectivity index (χ1v) is 9.13. The first kappa shape index (κ1) is 15.3. The average Bonchev–Trinajstić information content (AvgIpc) is 2.63. The summed E-state index contributed by atoms with van der Waals surface area (Å²) in [6.07, 6.45) is 0.362. The van der Waals surface area contributed by atoms with Crippen molar-refractivity contribution in [1.29, 1.82) is 5.26 Å². The molecule has 0 aromatic heterocycles. The van der Waals surface area contributed by atoms with Gasteiger partial charge in [0.05, 0.1) is 12.5 Å². The van der Waals surface area contributed by atoms with E-state index in [9.17, 15) is 4.57 Å². The lowest BCUT2D eigenvalue weighted by atomic mass is 10.2. The van der Waals surface area contributed by atoms with E-state index in [1.54, 1.807) is 0 Å². The monoisotopic (exact) mass is 317 g/mol. The van der Waals surface area contributed by atoms with Crippen LogP contribution in [0.2, 0.25) is 0 Å². The van der Waals surface area contributed by atoms with Gasteiger partial charge in [0.15, 0.2) is 7.14 Å². The zero-order valence-corrected chi connectivity index (χ0v) is 13.5. The van der Waals surface area contributed by atoms with Gasteiger partial charge in [-0.2, -0.15) is 5.26 Å². The molecular weight excluding hydrogens is 301 g/mol. The van der Waals surface area contributed by atoms with Crippen LogP contribution in [0.15, 0.2) is 84.9 Å². The summed E-state index contributed by atoms with van der Waals surface area (Å²) in [5.74, 6) is 0. The minimum atomic E-state index is -2.90. The number of nitrogens with zero attached hydrogens (tertiary/aromatic N) is 1. The van der Waals surface area contributed by atoms with E-state index in [1.807, 2.05) is 84.9 Å². The molecule has 0 bridgehead atoms. The maximum absolute atomic E-state index is 14.0. The van der Waals surface area contributed by atoms with Crippen molar-refractivity contribution < 1.29 is 4.57 Å². The van der Waals surface area contributed by atoms with Crippen LogP contribution in [0.25, 0.3) is 0 Å². The summed E-state index contributed by atoms with van der Waals surface area (Å²) in [5, 5.41) is 11.2. The fourth-order valence-electron chi connectivity index (χ4n) is 2.64. The molecule has 0 radical (unpaired) electrons. The number of hydrogen-bond acceptors (Lipinski definition) is 2. The highest BCUT2D eigenvalue weighted by molar-refractivity contribution is 7.85. The third-order valence-electron chi connectivity index (χ3n) is 3.82. The van der Waals surface area contributed by atoms with Gasteiger partial charge < -0.3 is 4.57 Å². The van der Waals surface area contributed by atoms with Crippen LogP contribution in [0.3, 0.4) is 0 Å². The van der Waals surface area contributed by atoms with E-state index < -0.39 is 7.14 Å². The molecule has 0 aliphatic heterocycles. The van der Waals surface area contributed by atoms with Crippen molar-refractivity contribution in [3.8, 4) is 6.07 Å². The van der Waals surface area contributed by atoms with Crippen LogP contribution >= 0.6 is 7.14 Å². The van der Waals surface area contributed by atoms with Crippen LogP contribution in [-0.4, -0.2) is 0 Å². The lowest BCUT2D eigenvalue weighted by molar-refractivity contribution is 0.592. The fraction of sp³-hybridized carbons (Fsp3) is 0.0500. The van der Waals surface area contributed by atoms with Gasteiger partial charge in [-0.05, 0) is 5.56 Å². The van der Waals surface area contributed by atoms with Crippen LogP contribution in [-0.2, 0) is 11.0 Å². The van der Waals surface area contributed by atoms with E-state index in [2.05, 4.69) is 6.07 Å². The second kappa shape index (κ2) is 6.65. The molecule has 2 nitrogen and oxygen atoms in total. The Bertz CT molecular complexity index is 822. The summed E-state index contributed by atoms with van der Waals surface area (Å²) >= 11 is 0. The lowest BCUT2D eigenvalue weighted by Gasteiger charge is -2.20. The number of nitriles is 1. The summed E-state index contributed by atoms with van der Waals surface area (Å²) in [7, 11) is -2.90. The normalized spacial score (nSPS) is 10.9.